The van der Waals surface area contributed by atoms with Crippen molar-refractivity contribution in [2.45, 2.75) is 58.2 Å². The summed E-state index contributed by atoms with van der Waals surface area (Å²) in [6.45, 7) is 2.70. The minimum Gasteiger partial charge on any atom is -0.349 e. The van der Waals surface area contributed by atoms with Gasteiger partial charge < -0.3 is 10.6 Å². The molecule has 2 unspecified atom stereocenters. The summed E-state index contributed by atoms with van der Waals surface area (Å²) in [5.74, 6) is -0.540. The van der Waals surface area contributed by atoms with Crippen molar-refractivity contribution in [3.8, 4) is 0 Å². The van der Waals surface area contributed by atoms with Crippen molar-refractivity contribution in [2.24, 2.45) is 11.8 Å². The summed E-state index contributed by atoms with van der Waals surface area (Å²) in [5.41, 5.74) is 0.768. The molecule has 2 saturated carbocycles. The van der Waals surface area contributed by atoms with E-state index in [2.05, 4.69) is 26.6 Å². The van der Waals surface area contributed by atoms with Gasteiger partial charge in [0.25, 0.3) is 11.5 Å². The molecule has 0 spiro atoms. The number of aromatic nitrogens is 2. The van der Waals surface area contributed by atoms with Crippen molar-refractivity contribution in [3.63, 3.8) is 0 Å². The molecule has 194 valence electrons. The van der Waals surface area contributed by atoms with Gasteiger partial charge >= 0.3 is 5.69 Å². The molecule has 2 amide bonds. The topological polar surface area (TPSA) is 102 Å². The third-order valence-electron chi connectivity index (χ3n) is 7.30. The van der Waals surface area contributed by atoms with Gasteiger partial charge in [-0.3, -0.25) is 23.5 Å². The zero-order chi connectivity index (χ0) is 26.3. The van der Waals surface area contributed by atoms with Gasteiger partial charge in [-0.05, 0) is 90.9 Å². The van der Waals surface area contributed by atoms with E-state index in [9.17, 15) is 19.2 Å². The minimum absolute atomic E-state index is 0.172. The van der Waals surface area contributed by atoms with E-state index in [4.69, 9.17) is 11.6 Å². The van der Waals surface area contributed by atoms with E-state index >= 15 is 0 Å². The normalized spacial score (nSPS) is 19.2. The number of hydrogen-bond donors (Lipinski definition) is 2. The van der Waals surface area contributed by atoms with Crippen LogP contribution in [0, 0.1) is 11.8 Å². The van der Waals surface area contributed by atoms with E-state index in [0.29, 0.717) is 59.0 Å². The average Bonchev–Trinajstić information content (AvgIpc) is 3.59. The van der Waals surface area contributed by atoms with Crippen LogP contribution >= 0.6 is 27.5 Å². The molecule has 2 aromatic carbocycles. The third-order valence-corrected chi connectivity index (χ3v) is 8.53. The fourth-order valence-corrected chi connectivity index (χ4v) is 5.52. The van der Waals surface area contributed by atoms with Gasteiger partial charge in [0.1, 0.15) is 0 Å². The summed E-state index contributed by atoms with van der Waals surface area (Å²) in [6, 6.07) is 9.73. The highest BCUT2D eigenvalue weighted by molar-refractivity contribution is 9.10. The lowest BCUT2D eigenvalue weighted by Crippen LogP contribution is -2.42. The number of aryl methyl sites for hydroxylation is 1. The predicted octanol–water partition coefficient (Wildman–Crippen LogP) is 4.55. The predicted molar refractivity (Wildman–Crippen MR) is 147 cm³/mol. The number of carbonyl (C=O) groups excluding carboxylic acids is 2. The second-order valence-electron chi connectivity index (χ2n) is 9.85. The monoisotopic (exact) mass is 586 g/mol. The van der Waals surface area contributed by atoms with Crippen molar-refractivity contribution in [1.82, 2.24) is 14.5 Å². The molecule has 1 aromatic heterocycles. The molecule has 2 aliphatic rings. The molecule has 8 nitrogen and oxygen atoms in total. The molecular weight excluding hydrogens is 560 g/mol. The van der Waals surface area contributed by atoms with E-state index in [1.165, 1.54) is 4.57 Å². The fourth-order valence-electron chi connectivity index (χ4n) is 5.10. The Labute approximate surface area is 227 Å². The largest absolute Gasteiger partial charge is 0.349 e. The van der Waals surface area contributed by atoms with E-state index in [-0.39, 0.29) is 35.0 Å². The molecule has 5 rings (SSSR count). The molecule has 2 fully saturated rings. The molecule has 0 radical (unpaired) electrons. The van der Waals surface area contributed by atoms with Gasteiger partial charge in [-0.2, -0.15) is 0 Å². The molecule has 2 atom stereocenters. The lowest BCUT2D eigenvalue weighted by molar-refractivity contribution is -0.120. The van der Waals surface area contributed by atoms with Crippen molar-refractivity contribution in [3.05, 3.63) is 72.3 Å². The quantitative estimate of drug-likeness (QED) is 0.424. The van der Waals surface area contributed by atoms with Crippen LogP contribution in [-0.4, -0.2) is 27.0 Å². The fraction of sp³-hybridized carbons (Fsp3) is 0.407. The van der Waals surface area contributed by atoms with Crippen LogP contribution in [0.3, 0.4) is 0 Å². The third kappa shape index (κ3) is 5.25. The summed E-state index contributed by atoms with van der Waals surface area (Å²) < 4.78 is 3.62. The number of fused-ring (bicyclic) bond motifs is 1. The zero-order valence-electron chi connectivity index (χ0n) is 20.4. The van der Waals surface area contributed by atoms with Gasteiger partial charge in [-0.15, -0.1) is 0 Å². The first-order chi connectivity index (χ1) is 17.8. The SMILES string of the molecule is CCn1c(=O)n(CC2CC2)c(=O)c2cc(C(=O)NC3CCCC3C(=O)Nc3ccc(Br)c(Cl)c3)ccc21. The van der Waals surface area contributed by atoms with E-state index < -0.39 is 0 Å². The van der Waals surface area contributed by atoms with Crippen LogP contribution in [0.5, 0.6) is 0 Å². The maximum Gasteiger partial charge on any atom is 0.331 e. The molecule has 0 saturated heterocycles. The van der Waals surface area contributed by atoms with Crippen LogP contribution in [-0.2, 0) is 17.9 Å². The number of hydrogen-bond acceptors (Lipinski definition) is 4. The Morgan fingerprint density at radius 3 is 2.54 bits per heavy atom. The summed E-state index contributed by atoms with van der Waals surface area (Å²) >= 11 is 9.48. The number of anilines is 1. The lowest BCUT2D eigenvalue weighted by Gasteiger charge is -2.21. The van der Waals surface area contributed by atoms with Crippen LogP contribution in [0.25, 0.3) is 10.9 Å². The smallest absolute Gasteiger partial charge is 0.331 e. The molecule has 10 heteroatoms. The van der Waals surface area contributed by atoms with Crippen LogP contribution in [0.1, 0.15) is 49.4 Å². The van der Waals surface area contributed by atoms with Crippen molar-refractivity contribution in [2.75, 3.05) is 5.32 Å². The summed E-state index contributed by atoms with van der Waals surface area (Å²) in [5, 5.41) is 6.75. The van der Waals surface area contributed by atoms with Gasteiger partial charge in [0, 0.05) is 34.9 Å². The molecule has 3 aromatic rings. The first-order valence-electron chi connectivity index (χ1n) is 12.6. The second kappa shape index (κ2) is 10.5. The van der Waals surface area contributed by atoms with Crippen LogP contribution in [0.15, 0.2) is 50.5 Å². The Morgan fingerprint density at radius 1 is 1.05 bits per heavy atom. The van der Waals surface area contributed by atoms with Gasteiger partial charge in [0.2, 0.25) is 5.91 Å². The van der Waals surface area contributed by atoms with Crippen LogP contribution in [0.2, 0.25) is 5.02 Å². The van der Waals surface area contributed by atoms with Crippen molar-refractivity contribution >= 4 is 55.9 Å². The van der Waals surface area contributed by atoms with Gasteiger partial charge in [-0.25, -0.2) is 4.79 Å². The lowest BCUT2D eigenvalue weighted by atomic mass is 10.0. The molecular formula is C27H28BrClN4O4. The Bertz CT molecular complexity index is 1510. The number of nitrogens with one attached hydrogen (secondary N) is 2. The second-order valence-corrected chi connectivity index (χ2v) is 11.1. The zero-order valence-corrected chi connectivity index (χ0v) is 22.8. The first-order valence-corrected chi connectivity index (χ1v) is 13.8. The minimum atomic E-state index is -0.382. The Kier molecular flexibility index (Phi) is 7.27. The van der Waals surface area contributed by atoms with Crippen molar-refractivity contribution in [1.29, 1.82) is 0 Å². The summed E-state index contributed by atoms with van der Waals surface area (Å²) in [4.78, 5) is 52.3. The highest BCUT2D eigenvalue weighted by atomic mass is 79.9. The Morgan fingerprint density at radius 2 is 1.84 bits per heavy atom. The van der Waals surface area contributed by atoms with E-state index in [1.807, 2.05) is 6.92 Å². The molecule has 2 aliphatic carbocycles. The molecule has 0 aliphatic heterocycles. The number of nitrogens with zero attached hydrogens (tertiary/aromatic N) is 2. The molecule has 1 heterocycles. The number of benzene rings is 2. The van der Waals surface area contributed by atoms with Gasteiger partial charge in [0.15, 0.2) is 0 Å². The maximum absolute atomic E-state index is 13.2. The molecule has 37 heavy (non-hydrogen) atoms. The maximum atomic E-state index is 13.2. The highest BCUT2D eigenvalue weighted by Crippen LogP contribution is 2.31. The molecule has 0 bridgehead atoms. The summed E-state index contributed by atoms with van der Waals surface area (Å²) in [6.07, 6.45) is 4.19. The Balaban J connectivity index is 1.37. The number of amides is 2. The number of carbonyl (C=O) groups is 2. The van der Waals surface area contributed by atoms with Gasteiger partial charge in [-0.1, -0.05) is 18.0 Å². The standard InChI is InChI=1S/C27H28BrClN4O4/c1-2-32-23-11-8-16(12-19(23)26(36)33(27(32)37)14-15-6-7-15)24(34)31-22-5-3-4-18(22)25(35)30-17-9-10-20(28)21(29)13-17/h8-13,15,18,22H,2-7,14H2,1H3,(H,30,35)(H,31,34). The molecule has 2 N–H and O–H groups in total. The van der Waals surface area contributed by atoms with Crippen molar-refractivity contribution < 1.29 is 9.59 Å². The summed E-state index contributed by atoms with van der Waals surface area (Å²) in [7, 11) is 0. The highest BCUT2D eigenvalue weighted by Gasteiger charge is 2.34. The number of rotatable bonds is 7. The van der Waals surface area contributed by atoms with E-state index in [0.717, 1.165) is 23.7 Å². The number of halogens is 2. The van der Waals surface area contributed by atoms with Crippen LogP contribution in [0.4, 0.5) is 5.69 Å². The van der Waals surface area contributed by atoms with Crippen LogP contribution < -0.4 is 21.9 Å². The average molecular weight is 588 g/mol. The van der Waals surface area contributed by atoms with E-state index in [1.54, 1.807) is 41.0 Å². The first kappa shape index (κ1) is 25.7. The Hall–Kier alpha value is -2.91. The van der Waals surface area contributed by atoms with Gasteiger partial charge in [0.05, 0.1) is 21.8 Å².